The number of ether oxygens (including phenoxy) is 1. The highest BCUT2D eigenvalue weighted by atomic mass is 16.5. The molecule has 2 unspecified atom stereocenters. The van der Waals surface area contributed by atoms with Gasteiger partial charge in [-0.25, -0.2) is 0 Å². The fourth-order valence-electron chi connectivity index (χ4n) is 1.70. The summed E-state index contributed by atoms with van der Waals surface area (Å²) in [5, 5.41) is 6.32. The van der Waals surface area contributed by atoms with Gasteiger partial charge in [0.25, 0.3) is 0 Å². The molecular formula is C11H22N2O2. The first-order valence-corrected chi connectivity index (χ1v) is 5.83. The van der Waals surface area contributed by atoms with E-state index in [1.54, 1.807) is 0 Å². The van der Waals surface area contributed by atoms with Crippen molar-refractivity contribution in [3.63, 3.8) is 0 Å². The molecule has 15 heavy (non-hydrogen) atoms. The Labute approximate surface area is 91.8 Å². The Morgan fingerprint density at radius 3 is 2.93 bits per heavy atom. The lowest BCUT2D eigenvalue weighted by molar-refractivity contribution is -0.126. The van der Waals surface area contributed by atoms with Crippen molar-refractivity contribution in [2.24, 2.45) is 0 Å². The van der Waals surface area contributed by atoms with Crippen LogP contribution in [0.2, 0.25) is 0 Å². The van der Waals surface area contributed by atoms with Crippen molar-refractivity contribution in [1.29, 1.82) is 0 Å². The first kappa shape index (κ1) is 12.5. The summed E-state index contributed by atoms with van der Waals surface area (Å²) >= 11 is 0. The van der Waals surface area contributed by atoms with E-state index < -0.39 is 0 Å². The van der Waals surface area contributed by atoms with Crippen molar-refractivity contribution < 1.29 is 9.53 Å². The van der Waals surface area contributed by atoms with Crippen molar-refractivity contribution in [3.8, 4) is 0 Å². The van der Waals surface area contributed by atoms with Gasteiger partial charge in [-0.1, -0.05) is 6.92 Å². The summed E-state index contributed by atoms with van der Waals surface area (Å²) in [5.74, 6) is 0.00445. The zero-order valence-electron chi connectivity index (χ0n) is 9.71. The highest BCUT2D eigenvalue weighted by Crippen LogP contribution is 2.06. The smallest absolute Gasteiger partial charge is 0.246 e. The van der Waals surface area contributed by atoms with Crippen LogP contribution in [0.4, 0.5) is 0 Å². The quantitative estimate of drug-likeness (QED) is 0.661. The molecule has 0 aromatic carbocycles. The Hall–Kier alpha value is -0.610. The molecule has 2 atom stereocenters. The number of amides is 1. The molecule has 4 heteroatoms. The average molecular weight is 214 g/mol. The van der Waals surface area contributed by atoms with Crippen LogP contribution in [-0.4, -0.2) is 37.7 Å². The Morgan fingerprint density at radius 2 is 2.33 bits per heavy atom. The van der Waals surface area contributed by atoms with Gasteiger partial charge in [0.05, 0.1) is 0 Å². The summed E-state index contributed by atoms with van der Waals surface area (Å²) in [5.41, 5.74) is 0. The number of piperidine rings is 1. The molecular weight excluding hydrogens is 192 g/mol. The lowest BCUT2D eigenvalue weighted by atomic mass is 10.0. The van der Waals surface area contributed by atoms with Gasteiger partial charge >= 0.3 is 0 Å². The Kier molecular flexibility index (Phi) is 5.65. The van der Waals surface area contributed by atoms with E-state index in [0.29, 0.717) is 12.6 Å². The first-order valence-electron chi connectivity index (χ1n) is 5.83. The van der Waals surface area contributed by atoms with Crippen molar-refractivity contribution in [3.05, 3.63) is 0 Å². The van der Waals surface area contributed by atoms with Crippen molar-refractivity contribution in [1.82, 2.24) is 10.6 Å². The summed E-state index contributed by atoms with van der Waals surface area (Å²) in [6, 6.07) is 0.855. The van der Waals surface area contributed by atoms with Crippen molar-refractivity contribution in [2.45, 2.75) is 45.2 Å². The standard InChI is InChI=1S/C11H22N2O2/c1-3-6-15-8-11(14)13-10-5-4-9(2)12-7-10/h9-10,12H,3-8H2,1-2H3,(H,13,14). The molecule has 0 bridgehead atoms. The summed E-state index contributed by atoms with van der Waals surface area (Å²) in [7, 11) is 0. The average Bonchev–Trinajstić information content (AvgIpc) is 2.22. The molecule has 0 saturated carbocycles. The van der Waals surface area contributed by atoms with Gasteiger partial charge in [-0.2, -0.15) is 0 Å². The molecule has 0 aromatic heterocycles. The maximum atomic E-state index is 11.4. The molecule has 1 rings (SSSR count). The second-order valence-corrected chi connectivity index (χ2v) is 4.20. The highest BCUT2D eigenvalue weighted by molar-refractivity contribution is 5.77. The number of nitrogens with one attached hydrogen (secondary N) is 2. The summed E-state index contributed by atoms with van der Waals surface area (Å²) in [4.78, 5) is 11.4. The molecule has 1 fully saturated rings. The number of carbonyl (C=O) groups excluding carboxylic acids is 1. The fraction of sp³-hybridized carbons (Fsp3) is 0.909. The fourth-order valence-corrected chi connectivity index (χ4v) is 1.70. The number of carbonyl (C=O) groups is 1. The predicted molar refractivity (Wildman–Crippen MR) is 59.7 cm³/mol. The van der Waals surface area contributed by atoms with E-state index in [0.717, 1.165) is 25.8 Å². The minimum atomic E-state index is 0.00445. The molecule has 1 aliphatic heterocycles. The maximum absolute atomic E-state index is 11.4. The molecule has 88 valence electrons. The third kappa shape index (κ3) is 5.14. The van der Waals surface area contributed by atoms with E-state index in [-0.39, 0.29) is 18.6 Å². The third-order valence-electron chi connectivity index (χ3n) is 2.61. The van der Waals surface area contributed by atoms with Gasteiger partial charge in [-0.05, 0) is 26.2 Å². The van der Waals surface area contributed by atoms with Crippen molar-refractivity contribution in [2.75, 3.05) is 19.8 Å². The molecule has 0 radical (unpaired) electrons. The summed E-state index contributed by atoms with van der Waals surface area (Å²) < 4.78 is 5.17. The highest BCUT2D eigenvalue weighted by Gasteiger charge is 2.18. The second kappa shape index (κ2) is 6.80. The molecule has 1 amide bonds. The van der Waals surface area contributed by atoms with E-state index in [1.165, 1.54) is 0 Å². The number of rotatable bonds is 5. The maximum Gasteiger partial charge on any atom is 0.246 e. The van der Waals surface area contributed by atoms with Crippen LogP contribution in [0.15, 0.2) is 0 Å². The minimum Gasteiger partial charge on any atom is -0.372 e. The molecule has 0 aromatic rings. The van der Waals surface area contributed by atoms with Crippen LogP contribution < -0.4 is 10.6 Å². The lowest BCUT2D eigenvalue weighted by Crippen LogP contribution is -2.49. The Bertz CT molecular complexity index is 189. The van der Waals surface area contributed by atoms with Crippen LogP contribution >= 0.6 is 0 Å². The van der Waals surface area contributed by atoms with Gasteiger partial charge < -0.3 is 15.4 Å². The first-order chi connectivity index (χ1) is 7.22. The molecule has 4 nitrogen and oxygen atoms in total. The number of hydrogen-bond donors (Lipinski definition) is 2. The van der Waals surface area contributed by atoms with Crippen LogP contribution in [0.3, 0.4) is 0 Å². The van der Waals surface area contributed by atoms with Gasteiger partial charge in [0, 0.05) is 25.2 Å². The van der Waals surface area contributed by atoms with Gasteiger partial charge in [0.1, 0.15) is 6.61 Å². The van der Waals surface area contributed by atoms with Crippen LogP contribution in [0.5, 0.6) is 0 Å². The SMILES string of the molecule is CCCOCC(=O)NC1CCC(C)NC1. The van der Waals surface area contributed by atoms with Crippen LogP contribution in [-0.2, 0) is 9.53 Å². The van der Waals surface area contributed by atoms with Gasteiger partial charge in [-0.3, -0.25) is 4.79 Å². The van der Waals surface area contributed by atoms with Crippen molar-refractivity contribution >= 4 is 5.91 Å². The monoisotopic (exact) mass is 214 g/mol. The topological polar surface area (TPSA) is 50.4 Å². The van der Waals surface area contributed by atoms with E-state index >= 15 is 0 Å². The Morgan fingerprint density at radius 1 is 1.53 bits per heavy atom. The van der Waals surface area contributed by atoms with Crippen LogP contribution in [0, 0.1) is 0 Å². The van der Waals surface area contributed by atoms with Crippen LogP contribution in [0.1, 0.15) is 33.1 Å². The summed E-state index contributed by atoms with van der Waals surface area (Å²) in [6.45, 7) is 5.93. The largest absolute Gasteiger partial charge is 0.372 e. The molecule has 2 N–H and O–H groups in total. The Balaban J connectivity index is 2.09. The second-order valence-electron chi connectivity index (χ2n) is 4.20. The predicted octanol–water partition coefficient (Wildman–Crippen LogP) is 0.670. The van der Waals surface area contributed by atoms with Gasteiger partial charge in [0.15, 0.2) is 0 Å². The number of hydrogen-bond acceptors (Lipinski definition) is 3. The minimum absolute atomic E-state index is 0.00445. The van der Waals surface area contributed by atoms with Crippen LogP contribution in [0.25, 0.3) is 0 Å². The van der Waals surface area contributed by atoms with E-state index in [2.05, 4.69) is 17.6 Å². The van der Waals surface area contributed by atoms with E-state index in [9.17, 15) is 4.79 Å². The lowest BCUT2D eigenvalue weighted by Gasteiger charge is -2.28. The van der Waals surface area contributed by atoms with Gasteiger partial charge in [-0.15, -0.1) is 0 Å². The molecule has 1 heterocycles. The zero-order chi connectivity index (χ0) is 11.1. The van der Waals surface area contributed by atoms with E-state index in [4.69, 9.17) is 4.74 Å². The normalized spacial score (nSPS) is 26.3. The molecule has 1 aliphatic rings. The zero-order valence-corrected chi connectivity index (χ0v) is 9.71. The molecule has 0 spiro atoms. The third-order valence-corrected chi connectivity index (χ3v) is 2.61. The van der Waals surface area contributed by atoms with Gasteiger partial charge in [0.2, 0.25) is 5.91 Å². The molecule has 0 aliphatic carbocycles. The van der Waals surface area contributed by atoms with E-state index in [1.807, 2.05) is 6.92 Å². The summed E-state index contributed by atoms with van der Waals surface area (Å²) in [6.07, 6.45) is 3.14. The molecule has 1 saturated heterocycles.